The number of anilines is 1. The number of ether oxygens (including phenoxy) is 3. The second kappa shape index (κ2) is 10.5. The summed E-state index contributed by atoms with van der Waals surface area (Å²) in [6.07, 6.45) is 0. The number of hydrogen-bond acceptors (Lipinski definition) is 7. The van der Waals surface area contributed by atoms with Gasteiger partial charge in [-0.2, -0.15) is 0 Å². The van der Waals surface area contributed by atoms with Gasteiger partial charge >= 0.3 is 0 Å². The highest BCUT2D eigenvalue weighted by Crippen LogP contribution is 2.34. The Morgan fingerprint density at radius 2 is 1.68 bits per heavy atom. The predicted molar refractivity (Wildman–Crippen MR) is 117 cm³/mol. The van der Waals surface area contributed by atoms with Crippen molar-refractivity contribution in [3.8, 4) is 28.5 Å². The van der Waals surface area contributed by atoms with Gasteiger partial charge in [0.2, 0.25) is 5.82 Å². The lowest BCUT2D eigenvalue weighted by molar-refractivity contribution is -0.118. The van der Waals surface area contributed by atoms with E-state index in [1.165, 1.54) is 5.56 Å². The maximum Gasteiger partial charge on any atom is 0.263 e. The van der Waals surface area contributed by atoms with Crippen molar-refractivity contribution in [3.63, 3.8) is 0 Å². The van der Waals surface area contributed by atoms with E-state index in [0.717, 1.165) is 0 Å². The molecule has 1 aromatic heterocycles. The Kier molecular flexibility index (Phi) is 7.48. The maximum absolute atomic E-state index is 12.4. The van der Waals surface area contributed by atoms with Gasteiger partial charge in [0.15, 0.2) is 23.8 Å². The van der Waals surface area contributed by atoms with Gasteiger partial charge in [0.05, 0.1) is 13.2 Å². The number of hydrogen-bond donors (Lipinski definition) is 1. The highest BCUT2D eigenvalue weighted by Gasteiger charge is 2.18. The molecule has 1 N–H and O–H groups in total. The molecular formula is C23H27N3O5. The standard InChI is InChI=1S/C23H27N3O5/c1-5-28-19-12-9-17(13-20(19)29-6-2)22-23(26-31-25-22)24-21(27)14-30-18-10-7-16(8-11-18)15(3)4/h7-13,15H,5-6,14H2,1-4H3,(H,24,26,27). The molecule has 0 radical (unpaired) electrons. The van der Waals surface area contributed by atoms with Gasteiger partial charge < -0.3 is 19.5 Å². The van der Waals surface area contributed by atoms with E-state index >= 15 is 0 Å². The minimum Gasteiger partial charge on any atom is -0.490 e. The summed E-state index contributed by atoms with van der Waals surface area (Å²) in [6, 6.07) is 13.0. The van der Waals surface area contributed by atoms with Crippen molar-refractivity contribution < 1.29 is 23.6 Å². The first-order chi connectivity index (χ1) is 15.0. The van der Waals surface area contributed by atoms with Gasteiger partial charge in [-0.1, -0.05) is 26.0 Å². The van der Waals surface area contributed by atoms with E-state index in [4.69, 9.17) is 18.8 Å². The largest absolute Gasteiger partial charge is 0.490 e. The summed E-state index contributed by atoms with van der Waals surface area (Å²) in [5.41, 5.74) is 2.27. The van der Waals surface area contributed by atoms with Gasteiger partial charge in [0, 0.05) is 5.56 Å². The Bertz CT molecular complexity index is 999. The molecule has 0 aliphatic carbocycles. The van der Waals surface area contributed by atoms with Crippen LogP contribution in [0.1, 0.15) is 39.2 Å². The van der Waals surface area contributed by atoms with Crippen molar-refractivity contribution in [2.45, 2.75) is 33.6 Å². The molecule has 0 aliphatic rings. The van der Waals surface area contributed by atoms with E-state index in [1.807, 2.05) is 38.1 Å². The Hall–Kier alpha value is -3.55. The SMILES string of the molecule is CCOc1ccc(-c2nonc2NC(=O)COc2ccc(C(C)C)cc2)cc1OCC. The molecular weight excluding hydrogens is 398 g/mol. The summed E-state index contributed by atoms with van der Waals surface area (Å²) in [4.78, 5) is 12.4. The van der Waals surface area contributed by atoms with Crippen molar-refractivity contribution in [2.75, 3.05) is 25.1 Å². The number of amides is 1. The first-order valence-electron chi connectivity index (χ1n) is 10.3. The number of carbonyl (C=O) groups excluding carboxylic acids is 1. The number of nitrogens with one attached hydrogen (secondary N) is 1. The summed E-state index contributed by atoms with van der Waals surface area (Å²) < 4.78 is 21.6. The molecule has 3 rings (SSSR count). The van der Waals surface area contributed by atoms with Crippen LogP contribution in [0, 0.1) is 0 Å². The zero-order valence-electron chi connectivity index (χ0n) is 18.2. The van der Waals surface area contributed by atoms with Gasteiger partial charge in [0.1, 0.15) is 5.75 Å². The summed E-state index contributed by atoms with van der Waals surface area (Å²) in [5.74, 6) is 2.09. The first kappa shape index (κ1) is 22.1. The zero-order valence-corrected chi connectivity index (χ0v) is 18.2. The summed E-state index contributed by atoms with van der Waals surface area (Å²) in [6.45, 7) is 8.87. The molecule has 0 bridgehead atoms. The second-order valence-electron chi connectivity index (χ2n) is 7.05. The molecule has 2 aromatic carbocycles. The molecule has 8 nitrogen and oxygen atoms in total. The first-order valence-corrected chi connectivity index (χ1v) is 10.3. The van der Waals surface area contributed by atoms with E-state index in [-0.39, 0.29) is 18.3 Å². The van der Waals surface area contributed by atoms with Crippen LogP contribution in [0.2, 0.25) is 0 Å². The van der Waals surface area contributed by atoms with E-state index in [1.54, 1.807) is 18.2 Å². The third kappa shape index (κ3) is 5.75. The van der Waals surface area contributed by atoms with Crippen molar-refractivity contribution >= 4 is 11.7 Å². The summed E-state index contributed by atoms with van der Waals surface area (Å²) in [5, 5.41) is 10.4. The Morgan fingerprint density at radius 1 is 0.968 bits per heavy atom. The number of benzene rings is 2. The minimum atomic E-state index is -0.374. The monoisotopic (exact) mass is 425 g/mol. The van der Waals surface area contributed by atoms with Crippen molar-refractivity contribution in [3.05, 3.63) is 48.0 Å². The molecule has 0 unspecified atom stereocenters. The molecule has 1 heterocycles. The fourth-order valence-corrected chi connectivity index (χ4v) is 2.92. The second-order valence-corrected chi connectivity index (χ2v) is 7.05. The molecule has 0 fully saturated rings. The Morgan fingerprint density at radius 3 is 2.35 bits per heavy atom. The quantitative estimate of drug-likeness (QED) is 0.504. The van der Waals surface area contributed by atoms with Crippen molar-refractivity contribution in [2.24, 2.45) is 0 Å². The number of aromatic nitrogens is 2. The van der Waals surface area contributed by atoms with Crippen LogP contribution < -0.4 is 19.5 Å². The van der Waals surface area contributed by atoms with E-state index < -0.39 is 0 Å². The zero-order chi connectivity index (χ0) is 22.2. The van der Waals surface area contributed by atoms with Gasteiger partial charge in [0.25, 0.3) is 5.91 Å². The molecule has 3 aromatic rings. The number of nitrogens with zero attached hydrogens (tertiary/aromatic N) is 2. The molecule has 8 heteroatoms. The van der Waals surface area contributed by atoms with Crippen LogP contribution in [-0.2, 0) is 4.79 Å². The average molecular weight is 425 g/mol. The van der Waals surface area contributed by atoms with Gasteiger partial charge in [-0.3, -0.25) is 4.79 Å². The van der Waals surface area contributed by atoms with Crippen LogP contribution in [0.5, 0.6) is 17.2 Å². The van der Waals surface area contributed by atoms with Crippen LogP contribution in [0.3, 0.4) is 0 Å². The molecule has 31 heavy (non-hydrogen) atoms. The highest BCUT2D eigenvalue weighted by molar-refractivity contribution is 5.94. The lowest BCUT2D eigenvalue weighted by Gasteiger charge is -2.12. The molecule has 0 atom stereocenters. The van der Waals surface area contributed by atoms with Gasteiger partial charge in [-0.25, -0.2) is 4.63 Å². The van der Waals surface area contributed by atoms with Crippen LogP contribution in [0.4, 0.5) is 5.82 Å². The Labute approximate surface area is 181 Å². The van der Waals surface area contributed by atoms with Crippen LogP contribution in [-0.4, -0.2) is 36.0 Å². The predicted octanol–water partition coefficient (Wildman–Crippen LogP) is 4.67. The number of carbonyl (C=O) groups is 1. The van der Waals surface area contributed by atoms with Crippen LogP contribution >= 0.6 is 0 Å². The fourth-order valence-electron chi connectivity index (χ4n) is 2.92. The van der Waals surface area contributed by atoms with E-state index in [2.05, 4.69) is 29.5 Å². The molecule has 0 spiro atoms. The summed E-state index contributed by atoms with van der Waals surface area (Å²) >= 11 is 0. The maximum atomic E-state index is 12.4. The Balaban J connectivity index is 1.67. The average Bonchev–Trinajstić information content (AvgIpc) is 3.22. The van der Waals surface area contributed by atoms with Crippen molar-refractivity contribution in [1.29, 1.82) is 0 Å². The van der Waals surface area contributed by atoms with Crippen molar-refractivity contribution in [1.82, 2.24) is 10.3 Å². The third-order valence-electron chi connectivity index (χ3n) is 4.48. The molecule has 1 amide bonds. The fraction of sp³-hybridized carbons (Fsp3) is 0.348. The normalized spacial score (nSPS) is 10.7. The summed E-state index contributed by atoms with van der Waals surface area (Å²) in [7, 11) is 0. The molecule has 0 aliphatic heterocycles. The molecule has 164 valence electrons. The number of rotatable bonds is 10. The van der Waals surface area contributed by atoms with Gasteiger partial charge in [-0.15, -0.1) is 0 Å². The lowest BCUT2D eigenvalue weighted by atomic mass is 10.0. The van der Waals surface area contributed by atoms with E-state index in [0.29, 0.717) is 47.6 Å². The molecule has 0 saturated heterocycles. The topological polar surface area (TPSA) is 95.7 Å². The smallest absolute Gasteiger partial charge is 0.263 e. The lowest BCUT2D eigenvalue weighted by Crippen LogP contribution is -2.20. The third-order valence-corrected chi connectivity index (χ3v) is 4.48. The minimum absolute atomic E-state index is 0.166. The van der Waals surface area contributed by atoms with Crippen LogP contribution in [0.25, 0.3) is 11.3 Å². The van der Waals surface area contributed by atoms with Crippen LogP contribution in [0.15, 0.2) is 47.1 Å². The molecule has 0 saturated carbocycles. The van der Waals surface area contributed by atoms with Gasteiger partial charge in [-0.05, 0) is 66.0 Å². The highest BCUT2D eigenvalue weighted by atomic mass is 16.6. The van der Waals surface area contributed by atoms with E-state index in [9.17, 15) is 4.79 Å².